The van der Waals surface area contributed by atoms with Gasteiger partial charge in [-0.3, -0.25) is 0 Å². The van der Waals surface area contributed by atoms with Gasteiger partial charge in [-0.2, -0.15) is 0 Å². The van der Waals surface area contributed by atoms with Gasteiger partial charge in [-0.25, -0.2) is 0 Å². The van der Waals surface area contributed by atoms with Crippen LogP contribution < -0.4 is 0 Å². The molecule has 0 saturated heterocycles. The standard InChI is InChI=1S/C5H9ClO/c1-2-3-5(6)4-7/h2,5,7H,1,3-4H2. The average Bonchev–Trinajstić information content (AvgIpc) is 1.68. The Morgan fingerprint density at radius 2 is 2.43 bits per heavy atom. The summed E-state index contributed by atoms with van der Waals surface area (Å²) in [5.74, 6) is 0. The Morgan fingerprint density at radius 3 is 2.57 bits per heavy atom. The predicted molar refractivity (Wildman–Crippen MR) is 31.5 cm³/mol. The lowest BCUT2D eigenvalue weighted by Crippen LogP contribution is -2.01. The van der Waals surface area contributed by atoms with Crippen molar-refractivity contribution < 1.29 is 5.11 Å². The van der Waals surface area contributed by atoms with Crippen molar-refractivity contribution in [3.63, 3.8) is 0 Å². The van der Waals surface area contributed by atoms with Gasteiger partial charge in [-0.05, 0) is 6.42 Å². The molecule has 1 N–H and O–H groups in total. The molecule has 0 bridgehead atoms. The van der Waals surface area contributed by atoms with E-state index in [1.165, 1.54) is 0 Å². The zero-order chi connectivity index (χ0) is 5.70. The van der Waals surface area contributed by atoms with Gasteiger partial charge >= 0.3 is 0 Å². The maximum atomic E-state index is 8.29. The number of hydrogen-bond acceptors (Lipinski definition) is 1. The highest BCUT2D eigenvalue weighted by molar-refractivity contribution is 6.20. The molecule has 0 radical (unpaired) electrons. The molecule has 0 aromatic carbocycles. The molecule has 0 aromatic rings. The Kier molecular flexibility index (Phi) is 4.15. The highest BCUT2D eigenvalue weighted by Crippen LogP contribution is 1.98. The van der Waals surface area contributed by atoms with Crippen LogP contribution in [-0.2, 0) is 0 Å². The first-order valence-corrected chi connectivity index (χ1v) is 2.60. The quantitative estimate of drug-likeness (QED) is 0.438. The van der Waals surface area contributed by atoms with E-state index < -0.39 is 0 Å². The van der Waals surface area contributed by atoms with Crippen molar-refractivity contribution in [3.8, 4) is 0 Å². The Hall–Kier alpha value is -0.0100. The number of hydrogen-bond donors (Lipinski definition) is 1. The van der Waals surface area contributed by atoms with E-state index in [1.54, 1.807) is 6.08 Å². The summed E-state index contributed by atoms with van der Waals surface area (Å²) in [6.45, 7) is 3.49. The minimum atomic E-state index is -0.141. The molecule has 0 rings (SSSR count). The summed E-state index contributed by atoms with van der Waals surface area (Å²) >= 11 is 5.44. The monoisotopic (exact) mass is 120 g/mol. The lowest BCUT2D eigenvalue weighted by molar-refractivity contribution is 0.293. The van der Waals surface area contributed by atoms with E-state index in [9.17, 15) is 0 Å². The van der Waals surface area contributed by atoms with Crippen molar-refractivity contribution in [1.29, 1.82) is 0 Å². The fourth-order valence-corrected chi connectivity index (χ4v) is 0.381. The normalized spacial score (nSPS) is 13.4. The van der Waals surface area contributed by atoms with Crippen molar-refractivity contribution >= 4 is 11.6 Å². The molecular weight excluding hydrogens is 112 g/mol. The summed E-state index contributed by atoms with van der Waals surface area (Å²) in [6, 6.07) is 0. The zero-order valence-electron chi connectivity index (χ0n) is 4.10. The van der Waals surface area contributed by atoms with Crippen LogP contribution in [0.5, 0.6) is 0 Å². The van der Waals surface area contributed by atoms with Gasteiger partial charge in [0.05, 0.1) is 12.0 Å². The predicted octanol–water partition coefficient (Wildman–Crippen LogP) is 1.16. The molecule has 1 atom stereocenters. The van der Waals surface area contributed by atoms with Crippen LogP contribution in [0.1, 0.15) is 6.42 Å². The second-order valence-electron chi connectivity index (χ2n) is 1.30. The summed E-state index contributed by atoms with van der Waals surface area (Å²) in [4.78, 5) is 0. The first-order chi connectivity index (χ1) is 3.31. The summed E-state index contributed by atoms with van der Waals surface area (Å²) < 4.78 is 0. The maximum Gasteiger partial charge on any atom is 0.0601 e. The van der Waals surface area contributed by atoms with Crippen molar-refractivity contribution in [3.05, 3.63) is 12.7 Å². The number of allylic oxidation sites excluding steroid dienone is 1. The summed E-state index contributed by atoms with van der Waals surface area (Å²) in [7, 11) is 0. The summed E-state index contributed by atoms with van der Waals surface area (Å²) in [6.07, 6.45) is 2.37. The van der Waals surface area contributed by atoms with Gasteiger partial charge in [0.2, 0.25) is 0 Å². The van der Waals surface area contributed by atoms with Crippen molar-refractivity contribution in [2.75, 3.05) is 6.61 Å². The van der Waals surface area contributed by atoms with Crippen LogP contribution in [0.2, 0.25) is 0 Å². The first-order valence-electron chi connectivity index (χ1n) is 2.17. The van der Waals surface area contributed by atoms with E-state index in [1.807, 2.05) is 0 Å². The molecule has 0 aliphatic rings. The molecule has 0 aliphatic carbocycles. The van der Waals surface area contributed by atoms with Crippen molar-refractivity contribution in [1.82, 2.24) is 0 Å². The highest BCUT2D eigenvalue weighted by atomic mass is 35.5. The maximum absolute atomic E-state index is 8.29. The fourth-order valence-electron chi connectivity index (χ4n) is 0.255. The number of aliphatic hydroxyl groups excluding tert-OH is 1. The number of halogens is 1. The van der Waals surface area contributed by atoms with E-state index in [0.29, 0.717) is 6.42 Å². The van der Waals surface area contributed by atoms with Crippen LogP contribution in [0.3, 0.4) is 0 Å². The number of rotatable bonds is 3. The Morgan fingerprint density at radius 1 is 1.86 bits per heavy atom. The minimum Gasteiger partial charge on any atom is -0.395 e. The second kappa shape index (κ2) is 4.16. The van der Waals surface area contributed by atoms with Crippen molar-refractivity contribution in [2.45, 2.75) is 11.8 Å². The van der Waals surface area contributed by atoms with Gasteiger partial charge in [0, 0.05) is 0 Å². The second-order valence-corrected chi connectivity index (χ2v) is 1.92. The Balaban J connectivity index is 2.98. The molecule has 0 heterocycles. The molecule has 1 unspecified atom stereocenters. The molecule has 0 aliphatic heterocycles. The lowest BCUT2D eigenvalue weighted by Gasteiger charge is -1.96. The van der Waals surface area contributed by atoms with Crippen LogP contribution in [0.25, 0.3) is 0 Å². The van der Waals surface area contributed by atoms with E-state index >= 15 is 0 Å². The molecule has 42 valence electrons. The Labute approximate surface area is 48.6 Å². The summed E-state index contributed by atoms with van der Waals surface area (Å²) in [5, 5.41) is 8.14. The molecule has 0 spiro atoms. The average molecular weight is 121 g/mol. The third kappa shape index (κ3) is 3.83. The Bertz CT molecular complexity index is 54.0. The fraction of sp³-hybridized carbons (Fsp3) is 0.600. The molecule has 0 fully saturated rings. The molecule has 1 nitrogen and oxygen atoms in total. The van der Waals surface area contributed by atoms with E-state index in [0.717, 1.165) is 0 Å². The SMILES string of the molecule is C=CCC(Cl)CO. The molecular formula is C5H9ClO. The van der Waals surface area contributed by atoms with Crippen LogP contribution >= 0.6 is 11.6 Å². The third-order valence-corrected chi connectivity index (χ3v) is 0.937. The number of alkyl halides is 1. The largest absolute Gasteiger partial charge is 0.395 e. The van der Waals surface area contributed by atoms with Crippen LogP contribution in [0, 0.1) is 0 Å². The van der Waals surface area contributed by atoms with Gasteiger partial charge in [0.15, 0.2) is 0 Å². The van der Waals surface area contributed by atoms with E-state index in [2.05, 4.69) is 6.58 Å². The molecule has 0 amide bonds. The highest BCUT2D eigenvalue weighted by Gasteiger charge is 1.95. The van der Waals surface area contributed by atoms with E-state index in [-0.39, 0.29) is 12.0 Å². The minimum absolute atomic E-state index is 0.0353. The van der Waals surface area contributed by atoms with Crippen LogP contribution in [-0.4, -0.2) is 17.1 Å². The first kappa shape index (κ1) is 6.99. The lowest BCUT2D eigenvalue weighted by atomic mass is 10.3. The molecule has 2 heteroatoms. The van der Waals surface area contributed by atoms with Gasteiger partial charge in [0.25, 0.3) is 0 Å². The van der Waals surface area contributed by atoms with Gasteiger partial charge in [0.1, 0.15) is 0 Å². The van der Waals surface area contributed by atoms with E-state index in [4.69, 9.17) is 16.7 Å². The van der Waals surface area contributed by atoms with Gasteiger partial charge in [-0.15, -0.1) is 18.2 Å². The van der Waals surface area contributed by atoms with Crippen molar-refractivity contribution in [2.24, 2.45) is 0 Å². The molecule has 0 saturated carbocycles. The van der Waals surface area contributed by atoms with Crippen LogP contribution in [0.15, 0.2) is 12.7 Å². The van der Waals surface area contributed by atoms with Crippen LogP contribution in [0.4, 0.5) is 0 Å². The number of aliphatic hydroxyl groups is 1. The third-order valence-electron chi connectivity index (χ3n) is 0.621. The van der Waals surface area contributed by atoms with Gasteiger partial charge < -0.3 is 5.11 Å². The topological polar surface area (TPSA) is 20.2 Å². The smallest absolute Gasteiger partial charge is 0.0601 e. The molecule has 7 heavy (non-hydrogen) atoms. The zero-order valence-corrected chi connectivity index (χ0v) is 4.86. The summed E-state index contributed by atoms with van der Waals surface area (Å²) in [5.41, 5.74) is 0. The molecule has 0 aromatic heterocycles. The van der Waals surface area contributed by atoms with Gasteiger partial charge in [-0.1, -0.05) is 6.08 Å².